The second-order valence-corrected chi connectivity index (χ2v) is 12.5. The number of thiophene rings is 1. The molecule has 3 fully saturated rings. The zero-order valence-electron chi connectivity index (χ0n) is 19.2. The number of carbonyl (C=O) groups excluding carboxylic acids is 1. The fourth-order valence-electron chi connectivity index (χ4n) is 5.81. The van der Waals surface area contributed by atoms with Crippen molar-refractivity contribution in [2.24, 2.45) is 23.2 Å². The molecule has 3 aliphatic rings. The minimum Gasteiger partial charge on any atom is -0.396 e. The van der Waals surface area contributed by atoms with Gasteiger partial charge in [-0.2, -0.15) is 8.42 Å². The van der Waals surface area contributed by atoms with Crippen molar-refractivity contribution in [2.75, 3.05) is 6.61 Å². The van der Waals surface area contributed by atoms with Crippen LogP contribution in [0.3, 0.4) is 0 Å². The number of hydrogen-bond acceptors (Lipinski definition) is 6. The molecule has 6 nitrogen and oxygen atoms in total. The molecule has 0 spiro atoms. The van der Waals surface area contributed by atoms with Gasteiger partial charge in [-0.15, -0.1) is 11.3 Å². The Kier molecular flexibility index (Phi) is 5.94. The molecule has 2 N–H and O–H groups in total. The topological polar surface area (TPSA) is 92.7 Å². The van der Waals surface area contributed by atoms with Gasteiger partial charge in [0.25, 0.3) is 5.91 Å². The Morgan fingerprint density at radius 1 is 1.18 bits per heavy atom. The van der Waals surface area contributed by atoms with Crippen LogP contribution in [0.25, 0.3) is 10.1 Å². The minimum atomic E-state index is -3.97. The lowest BCUT2D eigenvalue weighted by atomic mass is 9.44. The molecule has 1 amide bonds. The normalized spacial score (nSPS) is 25.5. The number of amides is 1. The summed E-state index contributed by atoms with van der Waals surface area (Å²) < 4.78 is 31.5. The molecule has 1 aromatic heterocycles. The Morgan fingerprint density at radius 2 is 1.94 bits per heavy atom. The molecule has 0 radical (unpaired) electrons. The molecule has 3 aliphatic carbocycles. The van der Waals surface area contributed by atoms with Crippen LogP contribution in [0.15, 0.2) is 58.8 Å². The minimum absolute atomic E-state index is 0.0208. The maximum Gasteiger partial charge on any atom is 0.339 e. The first-order chi connectivity index (χ1) is 16.2. The van der Waals surface area contributed by atoms with Crippen LogP contribution < -0.4 is 9.50 Å². The number of aliphatic hydroxyl groups excluding tert-OH is 1. The fraction of sp³-hybridized carbons (Fsp3) is 0.423. The molecule has 34 heavy (non-hydrogen) atoms. The van der Waals surface area contributed by atoms with Crippen LogP contribution in [0.5, 0.6) is 5.75 Å². The van der Waals surface area contributed by atoms with E-state index < -0.39 is 10.1 Å². The Labute approximate surface area is 204 Å². The average molecular weight is 500 g/mol. The van der Waals surface area contributed by atoms with E-state index in [4.69, 9.17) is 4.18 Å². The second-order valence-electron chi connectivity index (χ2n) is 10.0. The van der Waals surface area contributed by atoms with Crippen LogP contribution in [-0.2, 0) is 10.1 Å². The number of rotatable bonds is 7. The van der Waals surface area contributed by atoms with Crippen LogP contribution in [0.2, 0.25) is 0 Å². The van der Waals surface area contributed by atoms with E-state index in [0.29, 0.717) is 29.2 Å². The van der Waals surface area contributed by atoms with Gasteiger partial charge in [-0.3, -0.25) is 4.79 Å². The fourth-order valence-corrected chi connectivity index (χ4v) is 7.68. The van der Waals surface area contributed by atoms with Gasteiger partial charge in [0, 0.05) is 28.1 Å². The standard InChI is InChI=1S/C26H29NO5S2/c1-26(2)17-12-16(10-11-28)24(22(26)13-17)27-25(29)21-15-33-23-9-8-18(14-20(21)23)32-34(30,31)19-6-4-3-5-7-19/h3-9,14-17,22,24,28H,10-13H2,1-2H3,(H,27,29)/t16-,17-,22-,24+/m0/s1. The molecule has 2 bridgehead atoms. The van der Waals surface area contributed by atoms with Crippen molar-refractivity contribution in [2.45, 2.75) is 44.0 Å². The summed E-state index contributed by atoms with van der Waals surface area (Å²) in [5.41, 5.74) is 0.706. The maximum atomic E-state index is 13.4. The van der Waals surface area contributed by atoms with Gasteiger partial charge in [-0.05, 0) is 72.8 Å². The summed E-state index contributed by atoms with van der Waals surface area (Å²) in [5.74, 6) is 1.32. The molecule has 8 heteroatoms. The van der Waals surface area contributed by atoms with Crippen molar-refractivity contribution in [3.63, 3.8) is 0 Å². The van der Waals surface area contributed by atoms with Crippen molar-refractivity contribution >= 4 is 37.4 Å². The molecular formula is C26H29NO5S2. The molecule has 3 aromatic rings. The molecule has 1 heterocycles. The lowest BCUT2D eigenvalue weighted by molar-refractivity contribution is -0.114. The molecule has 3 saturated carbocycles. The van der Waals surface area contributed by atoms with Gasteiger partial charge in [0.05, 0.1) is 5.56 Å². The average Bonchev–Trinajstić information content (AvgIpc) is 3.23. The van der Waals surface area contributed by atoms with Crippen molar-refractivity contribution in [1.82, 2.24) is 5.32 Å². The number of nitrogens with one attached hydrogen (secondary N) is 1. The van der Waals surface area contributed by atoms with E-state index in [0.717, 1.165) is 17.5 Å². The molecular weight excluding hydrogens is 470 g/mol. The molecule has 2 aromatic carbocycles. The number of fused-ring (bicyclic) bond motifs is 3. The van der Waals surface area contributed by atoms with Gasteiger partial charge >= 0.3 is 10.1 Å². The van der Waals surface area contributed by atoms with E-state index >= 15 is 0 Å². The molecule has 180 valence electrons. The van der Waals surface area contributed by atoms with Crippen molar-refractivity contribution in [1.29, 1.82) is 0 Å². The summed E-state index contributed by atoms with van der Waals surface area (Å²) in [6.07, 6.45) is 2.82. The summed E-state index contributed by atoms with van der Waals surface area (Å²) in [5, 5.41) is 15.3. The van der Waals surface area contributed by atoms with Crippen LogP contribution in [-0.4, -0.2) is 32.1 Å². The quantitative estimate of drug-likeness (QED) is 0.454. The summed E-state index contributed by atoms with van der Waals surface area (Å²) in [4.78, 5) is 13.5. The smallest absolute Gasteiger partial charge is 0.339 e. The Bertz CT molecular complexity index is 1320. The highest BCUT2D eigenvalue weighted by atomic mass is 32.2. The van der Waals surface area contributed by atoms with E-state index in [1.165, 1.54) is 23.5 Å². The zero-order valence-corrected chi connectivity index (χ0v) is 20.9. The van der Waals surface area contributed by atoms with Crippen LogP contribution in [0.4, 0.5) is 0 Å². The van der Waals surface area contributed by atoms with Gasteiger partial charge in [-0.1, -0.05) is 32.0 Å². The molecule has 0 saturated heterocycles. The maximum absolute atomic E-state index is 13.4. The number of aliphatic hydroxyl groups is 1. The number of benzene rings is 2. The van der Waals surface area contributed by atoms with Gasteiger partial charge in [0.2, 0.25) is 0 Å². The van der Waals surface area contributed by atoms with Crippen LogP contribution in [0, 0.1) is 23.2 Å². The lowest BCUT2D eigenvalue weighted by Gasteiger charge is -2.62. The summed E-state index contributed by atoms with van der Waals surface area (Å²) in [7, 11) is -3.97. The van der Waals surface area contributed by atoms with Crippen molar-refractivity contribution in [3.05, 3.63) is 59.5 Å². The van der Waals surface area contributed by atoms with Gasteiger partial charge in [0.1, 0.15) is 10.6 Å². The van der Waals surface area contributed by atoms with E-state index in [1.54, 1.807) is 36.4 Å². The van der Waals surface area contributed by atoms with Crippen LogP contribution in [0.1, 0.15) is 43.5 Å². The predicted molar refractivity (Wildman–Crippen MR) is 133 cm³/mol. The third-order valence-electron chi connectivity index (χ3n) is 7.90. The third-order valence-corrected chi connectivity index (χ3v) is 10.1. The van der Waals surface area contributed by atoms with Gasteiger partial charge in [0.15, 0.2) is 0 Å². The van der Waals surface area contributed by atoms with E-state index in [9.17, 15) is 18.3 Å². The largest absolute Gasteiger partial charge is 0.396 e. The highest BCUT2D eigenvalue weighted by Crippen LogP contribution is 2.61. The van der Waals surface area contributed by atoms with Crippen molar-refractivity contribution in [3.8, 4) is 5.75 Å². The lowest BCUT2D eigenvalue weighted by Crippen LogP contribution is -2.63. The van der Waals surface area contributed by atoms with E-state index in [1.807, 2.05) is 5.38 Å². The summed E-state index contributed by atoms with van der Waals surface area (Å²) >= 11 is 1.44. The van der Waals surface area contributed by atoms with Gasteiger partial charge < -0.3 is 14.6 Å². The van der Waals surface area contributed by atoms with E-state index in [2.05, 4.69) is 19.2 Å². The molecule has 4 atom stereocenters. The first-order valence-electron chi connectivity index (χ1n) is 11.6. The Hall–Kier alpha value is -2.42. The Balaban J connectivity index is 1.40. The molecule has 0 aliphatic heterocycles. The second kappa shape index (κ2) is 8.66. The predicted octanol–water partition coefficient (Wildman–Crippen LogP) is 4.83. The monoisotopic (exact) mass is 499 g/mol. The van der Waals surface area contributed by atoms with Crippen LogP contribution >= 0.6 is 11.3 Å². The summed E-state index contributed by atoms with van der Waals surface area (Å²) in [6.45, 7) is 4.67. The molecule has 0 unspecified atom stereocenters. The number of carbonyl (C=O) groups is 1. The molecule has 6 rings (SSSR count). The Morgan fingerprint density at radius 3 is 2.65 bits per heavy atom. The third kappa shape index (κ3) is 4.01. The first kappa shape index (κ1) is 23.3. The summed E-state index contributed by atoms with van der Waals surface area (Å²) in [6, 6.07) is 13.0. The first-order valence-corrected chi connectivity index (χ1v) is 13.9. The zero-order chi connectivity index (χ0) is 24.1. The SMILES string of the molecule is CC1(C)[C@H]2C[C@H](CCO)[C@@H](NC(=O)c3csc4ccc(OS(=O)(=O)c5ccccc5)cc34)[C@@H]1C2. The number of hydrogen-bond donors (Lipinski definition) is 2. The van der Waals surface area contributed by atoms with E-state index in [-0.39, 0.29) is 40.5 Å². The van der Waals surface area contributed by atoms with Crippen molar-refractivity contribution < 1.29 is 22.5 Å². The highest BCUT2D eigenvalue weighted by molar-refractivity contribution is 7.87. The van der Waals surface area contributed by atoms with Gasteiger partial charge in [-0.25, -0.2) is 0 Å². The highest BCUT2D eigenvalue weighted by Gasteiger charge is 2.57.